The molecule has 10 heteroatoms. The molecule has 0 spiro atoms. The lowest BCUT2D eigenvalue weighted by atomic mass is 10.0. The van der Waals surface area contributed by atoms with E-state index < -0.39 is 10.8 Å². The first-order chi connectivity index (χ1) is 19.6. The minimum atomic E-state index is -1.03. The van der Waals surface area contributed by atoms with Crippen LogP contribution in [0.5, 0.6) is 5.75 Å². The van der Waals surface area contributed by atoms with Gasteiger partial charge in [-0.3, -0.25) is 9.11 Å². The van der Waals surface area contributed by atoms with Gasteiger partial charge in [0.25, 0.3) is 0 Å². The van der Waals surface area contributed by atoms with Gasteiger partial charge in [-0.15, -0.1) is 0 Å². The first-order valence-electron chi connectivity index (χ1n) is 15.2. The highest BCUT2D eigenvalue weighted by atomic mass is 32.2. The van der Waals surface area contributed by atoms with Crippen LogP contribution in [0.4, 0.5) is 11.8 Å². The number of aliphatic hydroxyl groups is 1. The molecule has 2 unspecified atom stereocenters. The molecular weight excluding hydrogens is 526 g/mol. The second kappa shape index (κ2) is 11.5. The van der Waals surface area contributed by atoms with Gasteiger partial charge in [0, 0.05) is 70.4 Å². The van der Waals surface area contributed by atoms with Crippen LogP contribution in [0, 0.1) is 5.92 Å². The molecule has 216 valence electrons. The number of piperidine rings is 1. The third-order valence-electron chi connectivity index (χ3n) is 9.20. The Morgan fingerprint density at radius 1 is 0.975 bits per heavy atom. The van der Waals surface area contributed by atoms with E-state index in [2.05, 4.69) is 33.3 Å². The Balaban J connectivity index is 0.980. The average molecular weight is 568 g/mol. The van der Waals surface area contributed by atoms with Crippen LogP contribution in [0.3, 0.4) is 0 Å². The number of benzene rings is 1. The van der Waals surface area contributed by atoms with Gasteiger partial charge >= 0.3 is 0 Å². The van der Waals surface area contributed by atoms with Crippen LogP contribution >= 0.6 is 0 Å². The number of rotatable bonds is 7. The largest absolute Gasteiger partial charge is 0.490 e. The molecule has 2 N–H and O–H groups in total. The molecule has 2 atom stereocenters. The normalized spacial score (nSPS) is 25.2. The van der Waals surface area contributed by atoms with Gasteiger partial charge in [-0.2, -0.15) is 4.98 Å². The first kappa shape index (κ1) is 26.6. The minimum Gasteiger partial charge on any atom is -0.490 e. The Labute approximate surface area is 239 Å². The molecule has 1 aromatic carbocycles. The number of hydrogen-bond acceptors (Lipinski definition) is 9. The molecule has 5 aliphatic rings. The molecule has 0 amide bonds. The lowest BCUT2D eigenvalue weighted by Gasteiger charge is -2.33. The van der Waals surface area contributed by atoms with Gasteiger partial charge in [0.05, 0.1) is 16.5 Å². The fraction of sp³-hybridized carbons (Fsp3) is 0.667. The second-order valence-electron chi connectivity index (χ2n) is 12.0. The zero-order valence-electron chi connectivity index (χ0n) is 23.2. The molecule has 2 aromatic rings. The lowest BCUT2D eigenvalue weighted by Crippen LogP contribution is -2.39. The summed E-state index contributed by atoms with van der Waals surface area (Å²) in [6.07, 6.45) is 8.59. The number of ether oxygens (including phenoxy) is 2. The highest BCUT2D eigenvalue weighted by Crippen LogP contribution is 2.35. The Hall–Kier alpha value is -2.27. The third kappa shape index (κ3) is 5.73. The van der Waals surface area contributed by atoms with Crippen LogP contribution in [-0.2, 0) is 34.8 Å². The van der Waals surface area contributed by atoms with E-state index in [-0.39, 0.29) is 12.3 Å². The maximum atomic E-state index is 12.7. The molecule has 1 saturated carbocycles. The zero-order chi connectivity index (χ0) is 27.1. The summed E-state index contributed by atoms with van der Waals surface area (Å²) < 4.78 is 24.7. The van der Waals surface area contributed by atoms with E-state index in [1.54, 1.807) is 0 Å². The summed E-state index contributed by atoms with van der Waals surface area (Å²) in [5, 5.41) is 14.2. The summed E-state index contributed by atoms with van der Waals surface area (Å²) in [7, 11) is -1.03. The molecule has 1 aliphatic carbocycles. The molecular formula is C30H41N5O4S. The van der Waals surface area contributed by atoms with E-state index in [9.17, 15) is 9.32 Å². The highest BCUT2D eigenvalue weighted by Gasteiger charge is 2.34. The minimum absolute atomic E-state index is 0.162. The summed E-state index contributed by atoms with van der Waals surface area (Å²) in [6, 6.07) is 6.87. The van der Waals surface area contributed by atoms with Crippen LogP contribution < -0.4 is 15.0 Å². The van der Waals surface area contributed by atoms with Crippen LogP contribution in [-0.4, -0.2) is 87.7 Å². The molecule has 3 fully saturated rings. The number of nitrogens with zero attached hydrogens (tertiary/aromatic N) is 4. The van der Waals surface area contributed by atoms with Crippen molar-refractivity contribution in [2.75, 3.05) is 55.4 Å². The maximum absolute atomic E-state index is 12.7. The van der Waals surface area contributed by atoms with E-state index >= 15 is 0 Å². The summed E-state index contributed by atoms with van der Waals surface area (Å²) in [6.45, 7) is 5.01. The van der Waals surface area contributed by atoms with Crippen LogP contribution in [0.25, 0.3) is 0 Å². The van der Waals surface area contributed by atoms with E-state index in [1.165, 1.54) is 11.1 Å². The Morgan fingerprint density at radius 3 is 2.52 bits per heavy atom. The summed E-state index contributed by atoms with van der Waals surface area (Å²) in [5.74, 6) is 3.56. The van der Waals surface area contributed by atoms with Crippen LogP contribution in [0.15, 0.2) is 23.1 Å². The van der Waals surface area contributed by atoms with E-state index in [0.717, 1.165) is 125 Å². The Bertz CT molecular complexity index is 1240. The van der Waals surface area contributed by atoms with Crippen molar-refractivity contribution < 1.29 is 18.8 Å². The molecule has 9 nitrogen and oxygen atoms in total. The number of aliphatic hydroxyl groups excluding tert-OH is 1. The van der Waals surface area contributed by atoms with Crippen molar-refractivity contribution in [1.82, 2.24) is 14.9 Å². The van der Waals surface area contributed by atoms with Gasteiger partial charge in [0.1, 0.15) is 28.8 Å². The van der Waals surface area contributed by atoms with Crippen LogP contribution in [0.1, 0.15) is 55.3 Å². The van der Waals surface area contributed by atoms with Gasteiger partial charge in [-0.05, 0) is 67.7 Å². The van der Waals surface area contributed by atoms with Gasteiger partial charge in [0.2, 0.25) is 5.95 Å². The van der Waals surface area contributed by atoms with Crippen molar-refractivity contribution in [2.45, 2.75) is 81.1 Å². The van der Waals surface area contributed by atoms with Gasteiger partial charge < -0.3 is 24.8 Å². The predicted molar refractivity (Wildman–Crippen MR) is 154 cm³/mol. The van der Waals surface area contributed by atoms with Crippen molar-refractivity contribution in [1.29, 1.82) is 0 Å². The number of aromatic nitrogens is 2. The fourth-order valence-electron chi connectivity index (χ4n) is 6.57. The molecule has 1 aromatic heterocycles. The van der Waals surface area contributed by atoms with Crippen molar-refractivity contribution in [3.05, 3.63) is 35.0 Å². The second-order valence-corrected chi connectivity index (χ2v) is 13.5. The molecule has 40 heavy (non-hydrogen) atoms. The molecule has 0 radical (unpaired) electrons. The molecule has 0 bridgehead atoms. The Kier molecular flexibility index (Phi) is 7.68. The highest BCUT2D eigenvalue weighted by molar-refractivity contribution is 7.85. The maximum Gasteiger partial charge on any atom is 0.227 e. The van der Waals surface area contributed by atoms with Crippen molar-refractivity contribution in [3.63, 3.8) is 0 Å². The molecule has 2 saturated heterocycles. The standard InChI is InChI=1S/C30H41N5O4S/c36-29(21-1-2-21)34-12-5-20-3-4-25(19-22(20)6-13-34)39-24-7-14-35(15-8-24)30-32-26-11-18-40(37)27(26)28(33-30)31-23-9-16-38-17-10-23/h3-4,19,21,23-24,29,36H,1-2,5-18H2,(H,31,32,33). The summed E-state index contributed by atoms with van der Waals surface area (Å²) >= 11 is 0. The smallest absolute Gasteiger partial charge is 0.227 e. The van der Waals surface area contributed by atoms with Gasteiger partial charge in [-0.1, -0.05) is 6.07 Å². The average Bonchev–Trinajstić information content (AvgIpc) is 3.79. The van der Waals surface area contributed by atoms with E-state index in [4.69, 9.17) is 19.4 Å². The van der Waals surface area contributed by atoms with E-state index in [1.807, 2.05) is 0 Å². The van der Waals surface area contributed by atoms with Crippen molar-refractivity contribution >= 4 is 22.6 Å². The lowest BCUT2D eigenvalue weighted by molar-refractivity contribution is -0.0102. The number of hydrogen-bond donors (Lipinski definition) is 2. The SMILES string of the molecule is O=S1CCc2nc(N3CCC(Oc4ccc5c(c4)CCN(C(O)C4CC4)CC5)CC3)nc(NC3CCOCC3)c21. The van der Waals surface area contributed by atoms with Crippen LogP contribution in [0.2, 0.25) is 0 Å². The Morgan fingerprint density at radius 2 is 1.75 bits per heavy atom. The van der Waals surface area contributed by atoms with Crippen molar-refractivity contribution in [3.8, 4) is 5.75 Å². The number of anilines is 2. The number of aryl methyl sites for hydroxylation is 1. The van der Waals surface area contributed by atoms with Gasteiger partial charge in [0.15, 0.2) is 0 Å². The first-order valence-corrected chi connectivity index (χ1v) is 16.5. The van der Waals surface area contributed by atoms with Crippen molar-refractivity contribution in [2.24, 2.45) is 5.92 Å². The zero-order valence-corrected chi connectivity index (χ0v) is 24.0. The fourth-order valence-corrected chi connectivity index (χ4v) is 7.89. The number of nitrogens with one attached hydrogen (secondary N) is 1. The third-order valence-corrected chi connectivity index (χ3v) is 10.7. The molecule has 4 aliphatic heterocycles. The molecule has 7 rings (SSSR count). The summed E-state index contributed by atoms with van der Waals surface area (Å²) in [4.78, 5) is 15.1. The quantitative estimate of drug-likeness (QED) is 0.523. The number of fused-ring (bicyclic) bond motifs is 2. The predicted octanol–water partition coefficient (Wildman–Crippen LogP) is 2.91. The van der Waals surface area contributed by atoms with E-state index in [0.29, 0.717) is 17.7 Å². The molecule has 5 heterocycles. The topological polar surface area (TPSA) is 100 Å². The summed E-state index contributed by atoms with van der Waals surface area (Å²) in [5.41, 5.74) is 3.67. The van der Waals surface area contributed by atoms with Gasteiger partial charge in [-0.25, -0.2) is 4.98 Å². The monoisotopic (exact) mass is 567 g/mol.